The van der Waals surface area contributed by atoms with Crippen LogP contribution in [0.4, 0.5) is 0 Å². The number of carbonyl (C=O) groups excluding carboxylic acids is 1. The highest BCUT2D eigenvalue weighted by molar-refractivity contribution is 5.76. The minimum Gasteiger partial charge on any atom is -0.394 e. The molecule has 0 aromatic carbocycles. The second-order valence-electron chi connectivity index (χ2n) is 16.5. The summed E-state index contributed by atoms with van der Waals surface area (Å²) in [4.78, 5) is 12.4. The van der Waals surface area contributed by atoms with Crippen molar-refractivity contribution in [3.63, 3.8) is 0 Å². The molecule has 0 bridgehead atoms. The topological polar surface area (TPSA) is 69.6 Å². The van der Waals surface area contributed by atoms with Crippen LogP contribution in [0.15, 0.2) is 85.1 Å². The predicted molar refractivity (Wildman–Crippen MR) is 257 cm³/mol. The van der Waals surface area contributed by atoms with E-state index in [1.165, 1.54) is 135 Å². The second kappa shape index (κ2) is 48.9. The van der Waals surface area contributed by atoms with Crippen LogP contribution in [0.25, 0.3) is 0 Å². The van der Waals surface area contributed by atoms with Crippen LogP contribution >= 0.6 is 0 Å². The van der Waals surface area contributed by atoms with E-state index in [0.29, 0.717) is 12.8 Å². The monoisotopic (exact) mass is 806 g/mol. The van der Waals surface area contributed by atoms with Gasteiger partial charge < -0.3 is 15.5 Å². The van der Waals surface area contributed by atoms with Gasteiger partial charge in [0.25, 0.3) is 0 Å². The highest BCUT2D eigenvalue weighted by atomic mass is 16.3. The average molecular weight is 806 g/mol. The Labute approximate surface area is 361 Å². The molecule has 0 saturated heterocycles. The molecule has 3 N–H and O–H groups in total. The highest BCUT2D eigenvalue weighted by Gasteiger charge is 2.20. The molecule has 0 aliphatic carbocycles. The standard InChI is InChI=1S/C54H95NO3/c1-3-5-7-9-11-13-15-16-17-18-19-20-21-22-23-24-25-26-27-28-29-30-31-32-33-34-35-36-37-38-40-42-44-46-48-50-54(58)55-52(51-56)53(57)49-47-45-43-41-39-14-12-10-8-6-4-2/h5,7,11,13,16-17,19-20,22-23,25-26,28-29,52-53,56-57H,3-4,6,8-10,12,14-15,18,21,24,27,30-51H2,1-2H3,(H,55,58)/b7-5-,13-11-,17-16-,20-19-,23-22-,26-25-,29-28-. The molecule has 0 aromatic rings. The molecular formula is C54H95NO3. The lowest BCUT2D eigenvalue weighted by Crippen LogP contribution is -2.45. The van der Waals surface area contributed by atoms with E-state index in [9.17, 15) is 15.0 Å². The SMILES string of the molecule is CC/C=C\C/C=C\C/C=C\C/C=C\C/C=C\C/C=C\C/C=C\CCCCCCCCCCCCCCCC(=O)NC(CO)C(O)CCCCCCCCCCCCC. The molecular weight excluding hydrogens is 711 g/mol. The fourth-order valence-electron chi connectivity index (χ4n) is 7.16. The Hall–Kier alpha value is -2.43. The maximum Gasteiger partial charge on any atom is 0.220 e. The average Bonchev–Trinajstić information content (AvgIpc) is 3.23. The van der Waals surface area contributed by atoms with E-state index >= 15 is 0 Å². The normalized spacial score (nSPS) is 13.7. The van der Waals surface area contributed by atoms with Crippen molar-refractivity contribution >= 4 is 5.91 Å². The van der Waals surface area contributed by atoms with Crippen LogP contribution in [0.2, 0.25) is 0 Å². The zero-order valence-electron chi connectivity index (χ0n) is 38.3. The first-order valence-corrected chi connectivity index (χ1v) is 24.8. The van der Waals surface area contributed by atoms with Crippen molar-refractivity contribution in [3.8, 4) is 0 Å². The van der Waals surface area contributed by atoms with Crippen LogP contribution in [-0.4, -0.2) is 34.9 Å². The summed E-state index contributed by atoms with van der Waals surface area (Å²) >= 11 is 0. The summed E-state index contributed by atoms with van der Waals surface area (Å²) in [6.07, 6.45) is 71.1. The summed E-state index contributed by atoms with van der Waals surface area (Å²) in [5.41, 5.74) is 0. The zero-order valence-corrected chi connectivity index (χ0v) is 38.3. The molecule has 0 rings (SSSR count). The van der Waals surface area contributed by atoms with Crippen LogP contribution in [0.3, 0.4) is 0 Å². The Morgan fingerprint density at radius 1 is 0.431 bits per heavy atom. The zero-order chi connectivity index (χ0) is 42.1. The van der Waals surface area contributed by atoms with E-state index < -0.39 is 12.1 Å². The fraction of sp³-hybridized carbons (Fsp3) is 0.722. The van der Waals surface area contributed by atoms with Crippen molar-refractivity contribution in [2.75, 3.05) is 6.61 Å². The molecule has 2 atom stereocenters. The minimum atomic E-state index is -0.662. The number of nitrogens with one attached hydrogen (secondary N) is 1. The van der Waals surface area contributed by atoms with E-state index in [2.05, 4.69) is 104 Å². The molecule has 2 unspecified atom stereocenters. The summed E-state index contributed by atoms with van der Waals surface area (Å²) in [5, 5.41) is 23.1. The number of amides is 1. The maximum absolute atomic E-state index is 12.4. The van der Waals surface area contributed by atoms with Gasteiger partial charge in [0.05, 0.1) is 18.8 Å². The number of carbonyl (C=O) groups is 1. The van der Waals surface area contributed by atoms with E-state index in [4.69, 9.17) is 0 Å². The molecule has 0 aromatic heterocycles. The Morgan fingerprint density at radius 3 is 1.14 bits per heavy atom. The first-order valence-electron chi connectivity index (χ1n) is 24.8. The van der Waals surface area contributed by atoms with Crippen molar-refractivity contribution in [1.82, 2.24) is 5.32 Å². The highest BCUT2D eigenvalue weighted by Crippen LogP contribution is 2.15. The van der Waals surface area contributed by atoms with Crippen LogP contribution in [0, 0.1) is 0 Å². The number of aliphatic hydroxyl groups is 2. The Bertz CT molecular complexity index is 1050. The molecule has 0 fully saturated rings. The molecule has 0 aliphatic heterocycles. The van der Waals surface area contributed by atoms with Crippen LogP contribution < -0.4 is 5.32 Å². The quantitative estimate of drug-likeness (QED) is 0.0424. The van der Waals surface area contributed by atoms with Crippen LogP contribution in [0.1, 0.15) is 232 Å². The van der Waals surface area contributed by atoms with Gasteiger partial charge in [-0.1, -0.05) is 240 Å². The summed E-state index contributed by atoms with van der Waals surface area (Å²) in [5.74, 6) is -0.0367. The number of hydrogen-bond acceptors (Lipinski definition) is 3. The van der Waals surface area contributed by atoms with Gasteiger partial charge in [-0.25, -0.2) is 0 Å². The van der Waals surface area contributed by atoms with Gasteiger partial charge in [0, 0.05) is 6.42 Å². The Kier molecular flexibility index (Phi) is 46.9. The van der Waals surface area contributed by atoms with Crippen molar-refractivity contribution in [2.45, 2.75) is 244 Å². The van der Waals surface area contributed by atoms with E-state index in [-0.39, 0.29) is 12.5 Å². The van der Waals surface area contributed by atoms with Crippen molar-refractivity contribution in [3.05, 3.63) is 85.1 Å². The van der Waals surface area contributed by atoms with Crippen molar-refractivity contribution in [2.24, 2.45) is 0 Å². The maximum atomic E-state index is 12.4. The van der Waals surface area contributed by atoms with Gasteiger partial charge in [-0.15, -0.1) is 0 Å². The molecule has 334 valence electrons. The van der Waals surface area contributed by atoms with Crippen LogP contribution in [-0.2, 0) is 4.79 Å². The molecule has 0 aliphatic rings. The lowest BCUT2D eigenvalue weighted by molar-refractivity contribution is -0.123. The summed E-state index contributed by atoms with van der Waals surface area (Å²) in [6, 6.07) is -0.539. The third-order valence-corrected chi connectivity index (χ3v) is 10.9. The van der Waals surface area contributed by atoms with E-state index in [1.54, 1.807) is 0 Å². The lowest BCUT2D eigenvalue weighted by Gasteiger charge is -2.22. The molecule has 4 nitrogen and oxygen atoms in total. The second-order valence-corrected chi connectivity index (χ2v) is 16.5. The molecule has 58 heavy (non-hydrogen) atoms. The Balaban J connectivity index is 3.51. The third-order valence-electron chi connectivity index (χ3n) is 10.9. The molecule has 0 saturated carbocycles. The fourth-order valence-corrected chi connectivity index (χ4v) is 7.16. The summed E-state index contributed by atoms with van der Waals surface area (Å²) < 4.78 is 0. The minimum absolute atomic E-state index is 0.0367. The largest absolute Gasteiger partial charge is 0.394 e. The van der Waals surface area contributed by atoms with Gasteiger partial charge in [0.1, 0.15) is 0 Å². The van der Waals surface area contributed by atoms with Gasteiger partial charge in [-0.2, -0.15) is 0 Å². The third kappa shape index (κ3) is 44.7. The number of rotatable bonds is 44. The van der Waals surface area contributed by atoms with Gasteiger partial charge in [-0.05, 0) is 70.6 Å². The molecule has 0 heterocycles. The van der Waals surface area contributed by atoms with Gasteiger partial charge in [0.15, 0.2) is 0 Å². The first kappa shape index (κ1) is 55.6. The van der Waals surface area contributed by atoms with Gasteiger partial charge >= 0.3 is 0 Å². The Morgan fingerprint density at radius 2 is 0.759 bits per heavy atom. The summed E-state index contributed by atoms with van der Waals surface area (Å²) in [7, 11) is 0. The number of aliphatic hydroxyl groups excluding tert-OH is 2. The van der Waals surface area contributed by atoms with Crippen molar-refractivity contribution < 1.29 is 15.0 Å². The van der Waals surface area contributed by atoms with Crippen LogP contribution in [0.5, 0.6) is 0 Å². The first-order chi connectivity index (χ1) is 28.7. The van der Waals surface area contributed by atoms with Gasteiger partial charge in [0.2, 0.25) is 5.91 Å². The lowest BCUT2D eigenvalue weighted by atomic mass is 10.0. The van der Waals surface area contributed by atoms with Gasteiger partial charge in [-0.3, -0.25) is 4.79 Å². The number of unbranched alkanes of at least 4 members (excludes halogenated alkanes) is 23. The number of hydrogen-bond donors (Lipinski definition) is 3. The smallest absolute Gasteiger partial charge is 0.220 e. The van der Waals surface area contributed by atoms with Crippen molar-refractivity contribution in [1.29, 1.82) is 0 Å². The predicted octanol–water partition coefficient (Wildman–Crippen LogP) is 16.0. The molecule has 4 heteroatoms. The van der Waals surface area contributed by atoms with E-state index in [1.807, 2.05) is 0 Å². The molecule has 0 spiro atoms. The summed E-state index contributed by atoms with van der Waals surface area (Å²) in [6.45, 7) is 4.23. The number of allylic oxidation sites excluding steroid dienone is 14. The molecule has 0 radical (unpaired) electrons. The molecule has 1 amide bonds. The van der Waals surface area contributed by atoms with E-state index in [0.717, 1.165) is 70.6 Å².